The first-order valence-electron chi connectivity index (χ1n) is 9.07. The number of likely N-dealkylation sites (tertiary alicyclic amines) is 1. The van der Waals surface area contributed by atoms with Crippen LogP contribution in [-0.2, 0) is 0 Å². The molecule has 0 radical (unpaired) electrons. The number of methoxy groups -OCH3 is 2. The second-order valence-corrected chi connectivity index (χ2v) is 7.39. The number of nitrogens with zero attached hydrogens (tertiary/aromatic N) is 3. The van der Waals surface area contributed by atoms with Crippen LogP contribution in [0.2, 0.25) is 0 Å². The molecular weight excluding hydrogens is 378 g/mol. The maximum Gasteiger partial charge on any atom is 0.257 e. The van der Waals surface area contributed by atoms with E-state index in [0.717, 1.165) is 18.4 Å². The Morgan fingerprint density at radius 3 is 2.89 bits per heavy atom. The SMILES string of the molecule is COc1ccc(C(=O)N2CCCC(c3nnc(-c4ccsc4)o3)C2)c(OC)c1. The number of aromatic nitrogens is 2. The molecule has 146 valence electrons. The van der Waals surface area contributed by atoms with Crippen LogP contribution < -0.4 is 9.47 Å². The maximum absolute atomic E-state index is 13.1. The van der Waals surface area contributed by atoms with Gasteiger partial charge in [-0.05, 0) is 36.4 Å². The van der Waals surface area contributed by atoms with Gasteiger partial charge in [-0.25, -0.2) is 0 Å². The van der Waals surface area contributed by atoms with Crippen molar-refractivity contribution < 1.29 is 18.7 Å². The summed E-state index contributed by atoms with van der Waals surface area (Å²) in [5.41, 5.74) is 1.45. The molecule has 1 unspecified atom stereocenters. The smallest absolute Gasteiger partial charge is 0.257 e. The second-order valence-electron chi connectivity index (χ2n) is 6.61. The number of carbonyl (C=O) groups is 1. The first-order chi connectivity index (χ1) is 13.7. The fourth-order valence-corrected chi connectivity index (χ4v) is 4.04. The van der Waals surface area contributed by atoms with E-state index in [4.69, 9.17) is 13.9 Å². The molecule has 1 fully saturated rings. The molecule has 0 saturated carbocycles. The number of ether oxygens (including phenoxy) is 2. The molecule has 0 bridgehead atoms. The van der Waals surface area contributed by atoms with Gasteiger partial charge >= 0.3 is 0 Å². The highest BCUT2D eigenvalue weighted by molar-refractivity contribution is 7.08. The standard InChI is InChI=1S/C20H21N3O4S/c1-25-15-5-6-16(17(10-15)26-2)20(24)23-8-3-4-13(11-23)18-21-22-19(27-18)14-7-9-28-12-14/h5-7,9-10,12-13H,3-4,8,11H2,1-2H3. The van der Waals surface area contributed by atoms with Gasteiger partial charge in [-0.15, -0.1) is 10.2 Å². The highest BCUT2D eigenvalue weighted by Gasteiger charge is 2.30. The zero-order valence-electron chi connectivity index (χ0n) is 15.8. The lowest BCUT2D eigenvalue weighted by Gasteiger charge is -2.31. The molecular formula is C20H21N3O4S. The average Bonchev–Trinajstić information content (AvgIpc) is 3.44. The molecule has 7 nitrogen and oxygen atoms in total. The summed E-state index contributed by atoms with van der Waals surface area (Å²) in [7, 11) is 3.13. The van der Waals surface area contributed by atoms with Gasteiger partial charge in [0, 0.05) is 30.1 Å². The topological polar surface area (TPSA) is 77.7 Å². The van der Waals surface area contributed by atoms with Crippen molar-refractivity contribution in [2.45, 2.75) is 18.8 Å². The van der Waals surface area contributed by atoms with E-state index in [1.54, 1.807) is 43.8 Å². The summed E-state index contributed by atoms with van der Waals surface area (Å²) in [5.74, 6) is 2.22. The minimum Gasteiger partial charge on any atom is -0.497 e. The van der Waals surface area contributed by atoms with E-state index in [0.29, 0.717) is 41.9 Å². The zero-order chi connectivity index (χ0) is 19.5. The minimum atomic E-state index is -0.0678. The molecule has 0 aliphatic carbocycles. The van der Waals surface area contributed by atoms with Crippen molar-refractivity contribution in [2.24, 2.45) is 0 Å². The van der Waals surface area contributed by atoms with Gasteiger partial charge in [-0.2, -0.15) is 11.3 Å². The predicted molar refractivity (Wildman–Crippen MR) is 105 cm³/mol. The number of hydrogen-bond acceptors (Lipinski definition) is 7. The predicted octanol–water partition coefficient (Wildman–Crippen LogP) is 3.84. The lowest BCUT2D eigenvalue weighted by molar-refractivity contribution is 0.0695. The fraction of sp³-hybridized carbons (Fsp3) is 0.350. The van der Waals surface area contributed by atoms with E-state index < -0.39 is 0 Å². The minimum absolute atomic E-state index is 0.0295. The van der Waals surface area contributed by atoms with Crippen LogP contribution in [0, 0.1) is 0 Å². The van der Waals surface area contributed by atoms with Gasteiger partial charge in [-0.3, -0.25) is 4.79 Å². The van der Waals surface area contributed by atoms with Crippen molar-refractivity contribution in [1.82, 2.24) is 15.1 Å². The van der Waals surface area contributed by atoms with Crippen molar-refractivity contribution in [3.05, 3.63) is 46.5 Å². The second kappa shape index (κ2) is 8.02. The van der Waals surface area contributed by atoms with Crippen LogP contribution in [0.4, 0.5) is 0 Å². The summed E-state index contributed by atoms with van der Waals surface area (Å²) < 4.78 is 16.5. The van der Waals surface area contributed by atoms with Crippen LogP contribution in [0.1, 0.15) is 35.0 Å². The Balaban J connectivity index is 1.52. The van der Waals surface area contributed by atoms with Crippen molar-refractivity contribution in [2.75, 3.05) is 27.3 Å². The van der Waals surface area contributed by atoms with E-state index in [1.165, 1.54) is 0 Å². The van der Waals surface area contributed by atoms with Crippen LogP contribution in [0.15, 0.2) is 39.4 Å². The number of hydrogen-bond donors (Lipinski definition) is 0. The molecule has 8 heteroatoms. The van der Waals surface area contributed by atoms with Crippen LogP contribution in [0.3, 0.4) is 0 Å². The van der Waals surface area contributed by atoms with E-state index in [-0.39, 0.29) is 11.8 Å². The largest absolute Gasteiger partial charge is 0.497 e. The third-order valence-corrected chi connectivity index (χ3v) is 5.59. The van der Waals surface area contributed by atoms with E-state index in [9.17, 15) is 4.79 Å². The van der Waals surface area contributed by atoms with Crippen LogP contribution in [0.25, 0.3) is 11.5 Å². The van der Waals surface area contributed by atoms with Crippen LogP contribution in [-0.4, -0.2) is 48.3 Å². The lowest BCUT2D eigenvalue weighted by atomic mass is 9.97. The first kappa shape index (κ1) is 18.5. The van der Waals surface area contributed by atoms with Crippen molar-refractivity contribution >= 4 is 17.2 Å². The Morgan fingerprint density at radius 1 is 1.25 bits per heavy atom. The number of thiophene rings is 1. The highest BCUT2D eigenvalue weighted by Crippen LogP contribution is 2.31. The number of benzene rings is 1. The molecule has 4 rings (SSSR count). The molecule has 0 spiro atoms. The third-order valence-electron chi connectivity index (χ3n) is 4.91. The Morgan fingerprint density at radius 2 is 2.14 bits per heavy atom. The van der Waals surface area contributed by atoms with Gasteiger partial charge in [0.05, 0.1) is 25.7 Å². The normalized spacial score (nSPS) is 16.8. The summed E-state index contributed by atoms with van der Waals surface area (Å²) in [6, 6.07) is 7.18. The zero-order valence-corrected chi connectivity index (χ0v) is 16.6. The molecule has 1 aliphatic heterocycles. The van der Waals surface area contributed by atoms with E-state index in [1.807, 2.05) is 21.7 Å². The summed E-state index contributed by atoms with van der Waals surface area (Å²) >= 11 is 1.59. The van der Waals surface area contributed by atoms with E-state index >= 15 is 0 Å². The maximum atomic E-state index is 13.1. The summed E-state index contributed by atoms with van der Waals surface area (Å²) in [6.45, 7) is 1.23. The molecule has 1 atom stereocenters. The van der Waals surface area contributed by atoms with Gasteiger partial charge < -0.3 is 18.8 Å². The van der Waals surface area contributed by atoms with Crippen LogP contribution >= 0.6 is 11.3 Å². The first-order valence-corrected chi connectivity index (χ1v) is 10.0. The number of rotatable bonds is 5. The van der Waals surface area contributed by atoms with Gasteiger partial charge in [0.2, 0.25) is 11.8 Å². The molecule has 1 saturated heterocycles. The molecule has 0 N–H and O–H groups in total. The molecule has 2 aromatic heterocycles. The van der Waals surface area contributed by atoms with Crippen molar-refractivity contribution in [1.29, 1.82) is 0 Å². The van der Waals surface area contributed by atoms with E-state index in [2.05, 4.69) is 10.2 Å². The Bertz CT molecular complexity index is 954. The molecule has 3 aromatic rings. The Labute approximate surface area is 166 Å². The molecule has 28 heavy (non-hydrogen) atoms. The van der Waals surface area contributed by atoms with Gasteiger partial charge in [0.1, 0.15) is 11.5 Å². The highest BCUT2D eigenvalue weighted by atomic mass is 32.1. The quantitative estimate of drug-likeness (QED) is 0.649. The number of amides is 1. The summed E-state index contributed by atoms with van der Waals surface area (Å²) in [4.78, 5) is 14.9. The lowest BCUT2D eigenvalue weighted by Crippen LogP contribution is -2.39. The third kappa shape index (κ3) is 3.60. The molecule has 3 heterocycles. The Hall–Kier alpha value is -2.87. The monoisotopic (exact) mass is 399 g/mol. The molecule has 1 amide bonds. The Kier molecular flexibility index (Phi) is 5.29. The summed E-state index contributed by atoms with van der Waals surface area (Å²) in [5, 5.41) is 12.3. The molecule has 1 aromatic carbocycles. The fourth-order valence-electron chi connectivity index (χ4n) is 3.41. The van der Waals surface area contributed by atoms with Crippen LogP contribution in [0.5, 0.6) is 11.5 Å². The van der Waals surface area contributed by atoms with Gasteiger partial charge in [0.15, 0.2) is 0 Å². The average molecular weight is 399 g/mol. The van der Waals surface area contributed by atoms with Crippen molar-refractivity contribution in [3.63, 3.8) is 0 Å². The van der Waals surface area contributed by atoms with Gasteiger partial charge in [-0.1, -0.05) is 0 Å². The molecule has 1 aliphatic rings. The summed E-state index contributed by atoms with van der Waals surface area (Å²) in [6.07, 6.45) is 1.79. The number of piperidine rings is 1. The van der Waals surface area contributed by atoms with Crippen molar-refractivity contribution in [3.8, 4) is 23.0 Å². The van der Waals surface area contributed by atoms with Gasteiger partial charge in [0.25, 0.3) is 5.91 Å². The number of carbonyl (C=O) groups excluding carboxylic acids is 1.